The lowest BCUT2D eigenvalue weighted by Crippen LogP contribution is -2.48. The molecular formula is C21H25NO2. The van der Waals surface area contributed by atoms with Gasteiger partial charge in [-0.15, -0.1) is 0 Å². The fourth-order valence-corrected chi connectivity index (χ4v) is 3.64. The maximum atomic E-state index is 13.1. The maximum Gasteiger partial charge on any atom is 0.254 e. The molecule has 1 saturated heterocycles. The van der Waals surface area contributed by atoms with E-state index in [1.165, 1.54) is 5.56 Å². The average Bonchev–Trinajstić information content (AvgIpc) is 2.54. The van der Waals surface area contributed by atoms with Crippen LogP contribution < -0.4 is 0 Å². The van der Waals surface area contributed by atoms with E-state index in [2.05, 4.69) is 18.2 Å². The van der Waals surface area contributed by atoms with E-state index in [-0.39, 0.29) is 18.1 Å². The summed E-state index contributed by atoms with van der Waals surface area (Å²) in [6, 6.07) is 16.2. The van der Waals surface area contributed by atoms with Gasteiger partial charge in [-0.1, -0.05) is 47.5 Å². The van der Waals surface area contributed by atoms with Crippen molar-refractivity contribution in [3.05, 3.63) is 70.8 Å². The molecule has 0 spiro atoms. The van der Waals surface area contributed by atoms with Gasteiger partial charge in [0.25, 0.3) is 5.91 Å². The number of piperidine rings is 1. The highest BCUT2D eigenvalue weighted by molar-refractivity contribution is 5.95. The van der Waals surface area contributed by atoms with E-state index in [4.69, 9.17) is 0 Å². The molecule has 3 rings (SSSR count). The van der Waals surface area contributed by atoms with Crippen molar-refractivity contribution in [3.63, 3.8) is 0 Å². The van der Waals surface area contributed by atoms with Gasteiger partial charge in [0.2, 0.25) is 0 Å². The highest BCUT2D eigenvalue weighted by atomic mass is 16.3. The molecule has 1 N–H and O–H groups in total. The number of carbonyl (C=O) groups is 1. The van der Waals surface area contributed by atoms with Gasteiger partial charge >= 0.3 is 0 Å². The smallest absolute Gasteiger partial charge is 0.254 e. The Kier molecular flexibility index (Phi) is 5.00. The SMILES string of the molecule is Cc1cc(C)cc(C(=O)N2CC[C@@H](O)C[C@H]2Cc2ccccc2)c1. The third-order valence-corrected chi connectivity index (χ3v) is 4.73. The standard InChI is InChI=1S/C21H25NO2/c1-15-10-16(2)12-18(11-15)21(24)22-9-8-20(23)14-19(22)13-17-6-4-3-5-7-17/h3-7,10-12,19-20,23H,8-9,13-14H2,1-2H3/t19-,20-/m1/s1. The molecule has 1 aliphatic rings. The van der Waals surface area contributed by atoms with Crippen LogP contribution in [0.5, 0.6) is 0 Å². The second kappa shape index (κ2) is 7.18. The molecule has 0 radical (unpaired) electrons. The summed E-state index contributed by atoms with van der Waals surface area (Å²) in [4.78, 5) is 15.0. The summed E-state index contributed by atoms with van der Waals surface area (Å²) in [5, 5.41) is 10.1. The lowest BCUT2D eigenvalue weighted by Gasteiger charge is -2.38. The van der Waals surface area contributed by atoms with E-state index in [1.807, 2.05) is 49.1 Å². The van der Waals surface area contributed by atoms with Crippen molar-refractivity contribution >= 4 is 5.91 Å². The second-order valence-corrected chi connectivity index (χ2v) is 6.90. The molecule has 2 aromatic rings. The molecule has 2 aromatic carbocycles. The van der Waals surface area contributed by atoms with Crippen molar-refractivity contribution in [3.8, 4) is 0 Å². The predicted octanol–water partition coefficient (Wildman–Crippen LogP) is 3.51. The van der Waals surface area contributed by atoms with E-state index in [9.17, 15) is 9.90 Å². The topological polar surface area (TPSA) is 40.5 Å². The maximum absolute atomic E-state index is 13.1. The van der Waals surface area contributed by atoms with E-state index in [1.54, 1.807) is 0 Å². The number of aryl methyl sites for hydroxylation is 2. The molecule has 0 aliphatic carbocycles. The molecule has 1 heterocycles. The van der Waals surface area contributed by atoms with Crippen LogP contribution in [-0.2, 0) is 6.42 Å². The lowest BCUT2D eigenvalue weighted by molar-refractivity contribution is 0.0324. The van der Waals surface area contributed by atoms with Crippen molar-refractivity contribution < 1.29 is 9.90 Å². The van der Waals surface area contributed by atoms with E-state index in [0.29, 0.717) is 19.4 Å². The minimum absolute atomic E-state index is 0.0458. The van der Waals surface area contributed by atoms with E-state index >= 15 is 0 Å². The Morgan fingerprint density at radius 3 is 2.46 bits per heavy atom. The summed E-state index contributed by atoms with van der Waals surface area (Å²) in [6.45, 7) is 4.65. The molecule has 126 valence electrons. The van der Waals surface area contributed by atoms with Crippen LogP contribution in [0.25, 0.3) is 0 Å². The normalized spacial score (nSPS) is 20.9. The second-order valence-electron chi connectivity index (χ2n) is 6.90. The molecule has 24 heavy (non-hydrogen) atoms. The van der Waals surface area contributed by atoms with Gasteiger partial charge in [0, 0.05) is 18.2 Å². The van der Waals surface area contributed by atoms with E-state index < -0.39 is 0 Å². The fourth-order valence-electron chi connectivity index (χ4n) is 3.64. The first kappa shape index (κ1) is 16.7. The Bertz CT molecular complexity index is 691. The molecule has 0 saturated carbocycles. The first-order valence-electron chi connectivity index (χ1n) is 8.64. The number of amides is 1. The largest absolute Gasteiger partial charge is 0.393 e. The highest BCUT2D eigenvalue weighted by Gasteiger charge is 2.31. The van der Waals surface area contributed by atoms with Gasteiger partial charge in [0.05, 0.1) is 6.10 Å². The van der Waals surface area contributed by atoms with Crippen LogP contribution >= 0.6 is 0 Å². The zero-order chi connectivity index (χ0) is 17.1. The minimum atomic E-state index is -0.318. The van der Waals surface area contributed by atoms with Gasteiger partial charge < -0.3 is 10.0 Å². The molecule has 2 atom stereocenters. The Hall–Kier alpha value is -2.13. The van der Waals surface area contributed by atoms with Gasteiger partial charge in [0.1, 0.15) is 0 Å². The highest BCUT2D eigenvalue weighted by Crippen LogP contribution is 2.24. The molecule has 1 fully saturated rings. The van der Waals surface area contributed by atoms with Crippen molar-refractivity contribution in [2.45, 2.75) is 45.3 Å². The molecule has 0 bridgehead atoms. The van der Waals surface area contributed by atoms with Gasteiger partial charge in [-0.05, 0) is 50.8 Å². The van der Waals surface area contributed by atoms with Crippen LogP contribution in [0.15, 0.2) is 48.5 Å². The summed E-state index contributed by atoms with van der Waals surface area (Å²) in [5.41, 5.74) is 4.17. The van der Waals surface area contributed by atoms with Crippen LogP contribution in [0.4, 0.5) is 0 Å². The summed E-state index contributed by atoms with van der Waals surface area (Å²) < 4.78 is 0. The Labute approximate surface area is 143 Å². The molecule has 0 aromatic heterocycles. The molecule has 0 unspecified atom stereocenters. The van der Waals surface area contributed by atoms with Gasteiger partial charge in [-0.25, -0.2) is 0 Å². The number of likely N-dealkylation sites (tertiary alicyclic amines) is 1. The first-order valence-corrected chi connectivity index (χ1v) is 8.64. The minimum Gasteiger partial charge on any atom is -0.393 e. The molecule has 1 aliphatic heterocycles. The number of aliphatic hydroxyl groups excluding tert-OH is 1. The zero-order valence-electron chi connectivity index (χ0n) is 14.4. The number of aliphatic hydroxyl groups is 1. The Morgan fingerprint density at radius 1 is 1.12 bits per heavy atom. The third-order valence-electron chi connectivity index (χ3n) is 4.73. The van der Waals surface area contributed by atoms with E-state index in [0.717, 1.165) is 23.1 Å². The van der Waals surface area contributed by atoms with Crippen LogP contribution in [0.1, 0.15) is 39.9 Å². The van der Waals surface area contributed by atoms with Crippen molar-refractivity contribution in [1.82, 2.24) is 4.90 Å². The number of benzene rings is 2. The van der Waals surface area contributed by atoms with Gasteiger partial charge in [0.15, 0.2) is 0 Å². The average molecular weight is 323 g/mol. The van der Waals surface area contributed by atoms with Crippen molar-refractivity contribution in [2.75, 3.05) is 6.54 Å². The van der Waals surface area contributed by atoms with Crippen molar-refractivity contribution in [2.24, 2.45) is 0 Å². The third kappa shape index (κ3) is 3.85. The molecule has 3 heteroatoms. The Balaban J connectivity index is 1.84. The number of nitrogens with zero attached hydrogens (tertiary/aromatic N) is 1. The monoisotopic (exact) mass is 323 g/mol. The number of rotatable bonds is 3. The number of carbonyl (C=O) groups excluding carboxylic acids is 1. The summed E-state index contributed by atoms with van der Waals surface area (Å²) in [7, 11) is 0. The molecule has 3 nitrogen and oxygen atoms in total. The van der Waals surface area contributed by atoms with Crippen LogP contribution in [0, 0.1) is 13.8 Å². The summed E-state index contributed by atoms with van der Waals surface area (Å²) in [6.07, 6.45) is 1.77. The molecule has 1 amide bonds. The Morgan fingerprint density at radius 2 is 1.79 bits per heavy atom. The lowest BCUT2D eigenvalue weighted by atomic mass is 9.92. The van der Waals surface area contributed by atoms with Crippen LogP contribution in [0.3, 0.4) is 0 Å². The molecular weight excluding hydrogens is 298 g/mol. The van der Waals surface area contributed by atoms with Gasteiger partial charge in [-0.3, -0.25) is 4.79 Å². The zero-order valence-corrected chi connectivity index (χ0v) is 14.4. The predicted molar refractivity (Wildman–Crippen MR) is 96.1 cm³/mol. The van der Waals surface area contributed by atoms with Crippen LogP contribution in [0.2, 0.25) is 0 Å². The summed E-state index contributed by atoms with van der Waals surface area (Å²) in [5.74, 6) is 0.0784. The first-order chi connectivity index (χ1) is 11.5. The van der Waals surface area contributed by atoms with Crippen molar-refractivity contribution in [1.29, 1.82) is 0 Å². The van der Waals surface area contributed by atoms with Crippen LogP contribution in [-0.4, -0.2) is 34.6 Å². The van der Waals surface area contributed by atoms with Gasteiger partial charge in [-0.2, -0.15) is 0 Å². The number of hydrogen-bond acceptors (Lipinski definition) is 2. The number of hydrogen-bond donors (Lipinski definition) is 1. The quantitative estimate of drug-likeness (QED) is 0.939. The summed E-state index contributed by atoms with van der Waals surface area (Å²) >= 11 is 0. The fraction of sp³-hybridized carbons (Fsp3) is 0.381.